The molecule has 0 bridgehead atoms. The summed E-state index contributed by atoms with van der Waals surface area (Å²) in [4.78, 5) is 11.5. The van der Waals surface area contributed by atoms with E-state index in [0.717, 1.165) is 32.1 Å². The van der Waals surface area contributed by atoms with Crippen molar-refractivity contribution in [1.82, 2.24) is 14.5 Å². The van der Waals surface area contributed by atoms with Gasteiger partial charge in [0.1, 0.15) is 6.04 Å². The third kappa shape index (κ3) is 2.46. The number of piperidine rings is 1. The number of fused-ring (bicyclic) bond motifs is 1. The summed E-state index contributed by atoms with van der Waals surface area (Å²) in [7, 11) is -3.85. The molecule has 21 heavy (non-hydrogen) atoms. The normalized spacial score (nSPS) is 30.8. The minimum Gasteiger partial charge on any atom is -0.480 e. The standard InChI is InChI=1S/C13H19N3O4S/c17-13(18)11-6-5-9-3-1-2-4-10(9)16(11)21(19,20)12-7-8-14-15-12/h7-11H,1-6H2,(H,14,15)(H,17,18). The molecule has 2 aliphatic rings. The molecule has 3 unspecified atom stereocenters. The largest absolute Gasteiger partial charge is 0.480 e. The van der Waals surface area contributed by atoms with Crippen LogP contribution in [-0.2, 0) is 14.8 Å². The van der Waals surface area contributed by atoms with Gasteiger partial charge >= 0.3 is 5.97 Å². The zero-order valence-electron chi connectivity index (χ0n) is 11.6. The van der Waals surface area contributed by atoms with E-state index in [0.29, 0.717) is 6.42 Å². The third-order valence-corrected chi connectivity index (χ3v) is 6.49. The van der Waals surface area contributed by atoms with Crippen LogP contribution >= 0.6 is 0 Å². The molecule has 0 amide bonds. The van der Waals surface area contributed by atoms with E-state index >= 15 is 0 Å². The Morgan fingerprint density at radius 2 is 2.05 bits per heavy atom. The highest BCUT2D eigenvalue weighted by Crippen LogP contribution is 2.40. The molecule has 0 radical (unpaired) electrons. The molecule has 1 aliphatic carbocycles. The lowest BCUT2D eigenvalue weighted by Gasteiger charge is -2.45. The van der Waals surface area contributed by atoms with Crippen molar-refractivity contribution in [2.75, 3.05) is 0 Å². The van der Waals surface area contributed by atoms with Crippen LogP contribution < -0.4 is 0 Å². The molecule has 3 atom stereocenters. The lowest BCUT2D eigenvalue weighted by molar-refractivity contribution is -0.144. The first-order valence-electron chi connectivity index (χ1n) is 7.27. The average molecular weight is 313 g/mol. The van der Waals surface area contributed by atoms with Gasteiger partial charge in [0.25, 0.3) is 10.0 Å². The van der Waals surface area contributed by atoms with Gasteiger partial charge in [-0.1, -0.05) is 12.8 Å². The molecular weight excluding hydrogens is 294 g/mol. The summed E-state index contributed by atoms with van der Waals surface area (Å²) < 4.78 is 26.9. The van der Waals surface area contributed by atoms with Gasteiger partial charge in [-0.2, -0.15) is 9.40 Å². The first-order valence-corrected chi connectivity index (χ1v) is 8.71. The van der Waals surface area contributed by atoms with Crippen molar-refractivity contribution in [3.63, 3.8) is 0 Å². The maximum atomic E-state index is 12.8. The van der Waals surface area contributed by atoms with Crippen LogP contribution in [0.15, 0.2) is 17.3 Å². The average Bonchev–Trinajstić information content (AvgIpc) is 3.00. The summed E-state index contributed by atoms with van der Waals surface area (Å²) in [5.41, 5.74) is 0. The molecule has 3 rings (SSSR count). The second kappa shape index (κ2) is 5.42. The molecule has 2 heterocycles. The van der Waals surface area contributed by atoms with E-state index in [4.69, 9.17) is 0 Å². The van der Waals surface area contributed by atoms with Crippen LogP contribution in [0.25, 0.3) is 0 Å². The summed E-state index contributed by atoms with van der Waals surface area (Å²) in [5, 5.41) is 15.5. The Morgan fingerprint density at radius 3 is 2.71 bits per heavy atom. The van der Waals surface area contributed by atoms with Crippen LogP contribution in [0.5, 0.6) is 0 Å². The molecule has 0 spiro atoms. The first kappa shape index (κ1) is 14.5. The summed E-state index contributed by atoms with van der Waals surface area (Å²) in [6.45, 7) is 0. The third-order valence-electron chi connectivity index (χ3n) is 4.63. The van der Waals surface area contributed by atoms with Crippen molar-refractivity contribution in [2.24, 2.45) is 5.92 Å². The van der Waals surface area contributed by atoms with Gasteiger partial charge in [-0.25, -0.2) is 8.42 Å². The maximum Gasteiger partial charge on any atom is 0.322 e. The number of aromatic amines is 1. The number of hydrogen-bond acceptors (Lipinski definition) is 4. The van der Waals surface area contributed by atoms with Crippen LogP contribution in [0.3, 0.4) is 0 Å². The number of rotatable bonds is 3. The molecule has 116 valence electrons. The molecule has 1 saturated carbocycles. The number of H-pyrrole nitrogens is 1. The molecule has 1 saturated heterocycles. The smallest absolute Gasteiger partial charge is 0.322 e. The minimum absolute atomic E-state index is 0.0278. The fraction of sp³-hybridized carbons (Fsp3) is 0.692. The Morgan fingerprint density at radius 1 is 1.29 bits per heavy atom. The predicted octanol–water partition coefficient (Wildman–Crippen LogP) is 1.21. The summed E-state index contributed by atoms with van der Waals surface area (Å²) in [6, 6.07) is 0.195. The van der Waals surface area contributed by atoms with Gasteiger partial charge in [0.05, 0.1) is 6.20 Å². The van der Waals surface area contributed by atoms with E-state index in [2.05, 4.69) is 10.2 Å². The molecule has 8 heteroatoms. The Labute approximate surface area is 123 Å². The minimum atomic E-state index is -3.85. The second-order valence-corrected chi connectivity index (χ2v) is 7.61. The zero-order chi connectivity index (χ0) is 15.0. The van der Waals surface area contributed by atoms with Crippen molar-refractivity contribution >= 4 is 16.0 Å². The van der Waals surface area contributed by atoms with Crippen LogP contribution in [-0.4, -0.2) is 46.1 Å². The zero-order valence-corrected chi connectivity index (χ0v) is 12.4. The molecule has 1 aromatic heterocycles. The van der Waals surface area contributed by atoms with Crippen LogP contribution in [0.4, 0.5) is 0 Å². The quantitative estimate of drug-likeness (QED) is 0.873. The van der Waals surface area contributed by atoms with Gasteiger partial charge in [-0.3, -0.25) is 9.89 Å². The molecule has 1 aliphatic heterocycles. The van der Waals surface area contributed by atoms with Crippen molar-refractivity contribution in [3.05, 3.63) is 12.3 Å². The topological polar surface area (TPSA) is 103 Å². The number of nitrogens with one attached hydrogen (secondary N) is 1. The molecule has 2 fully saturated rings. The van der Waals surface area contributed by atoms with Crippen LogP contribution in [0.2, 0.25) is 0 Å². The Balaban J connectivity index is 2.02. The summed E-state index contributed by atoms with van der Waals surface area (Å²) in [6.07, 6.45) is 6.29. The van der Waals surface area contributed by atoms with Crippen molar-refractivity contribution in [2.45, 2.75) is 55.6 Å². The second-order valence-electron chi connectivity index (χ2n) is 5.80. The Hall–Kier alpha value is -1.41. The first-order chi connectivity index (χ1) is 10.0. The number of nitrogens with zero attached hydrogens (tertiary/aromatic N) is 2. The van der Waals surface area contributed by atoms with Crippen molar-refractivity contribution in [1.29, 1.82) is 0 Å². The van der Waals surface area contributed by atoms with E-state index < -0.39 is 22.0 Å². The van der Waals surface area contributed by atoms with Crippen molar-refractivity contribution < 1.29 is 18.3 Å². The fourth-order valence-electron chi connectivity index (χ4n) is 3.67. The lowest BCUT2D eigenvalue weighted by atomic mass is 9.78. The highest BCUT2D eigenvalue weighted by molar-refractivity contribution is 7.89. The van der Waals surface area contributed by atoms with Crippen LogP contribution in [0, 0.1) is 5.92 Å². The van der Waals surface area contributed by atoms with E-state index in [9.17, 15) is 18.3 Å². The van der Waals surface area contributed by atoms with Gasteiger partial charge < -0.3 is 5.11 Å². The van der Waals surface area contributed by atoms with E-state index in [1.54, 1.807) is 0 Å². The van der Waals surface area contributed by atoms with E-state index in [1.165, 1.54) is 16.6 Å². The summed E-state index contributed by atoms with van der Waals surface area (Å²) >= 11 is 0. The van der Waals surface area contributed by atoms with Gasteiger partial charge in [-0.05, 0) is 37.7 Å². The molecule has 2 N–H and O–H groups in total. The molecule has 1 aromatic rings. The number of aliphatic carboxylic acids is 1. The number of carboxylic acids is 1. The lowest BCUT2D eigenvalue weighted by Crippen LogP contribution is -2.57. The number of carbonyl (C=O) groups is 1. The van der Waals surface area contributed by atoms with Gasteiger partial charge in [0.15, 0.2) is 5.03 Å². The molecule has 0 aromatic carbocycles. The van der Waals surface area contributed by atoms with Crippen molar-refractivity contribution in [3.8, 4) is 0 Å². The van der Waals surface area contributed by atoms with E-state index in [-0.39, 0.29) is 17.0 Å². The Kier molecular flexibility index (Phi) is 3.75. The monoisotopic (exact) mass is 313 g/mol. The number of hydrogen-bond donors (Lipinski definition) is 2. The molecular formula is C13H19N3O4S. The maximum absolute atomic E-state index is 12.8. The number of sulfonamides is 1. The highest BCUT2D eigenvalue weighted by Gasteiger charge is 2.48. The van der Waals surface area contributed by atoms with E-state index in [1.807, 2.05) is 0 Å². The Bertz CT molecular complexity index is 613. The predicted molar refractivity (Wildman–Crippen MR) is 74.0 cm³/mol. The van der Waals surface area contributed by atoms with Gasteiger partial charge in [0.2, 0.25) is 0 Å². The van der Waals surface area contributed by atoms with Gasteiger partial charge in [0, 0.05) is 6.04 Å². The SMILES string of the molecule is O=C(O)C1CCC2CCCCC2N1S(=O)(=O)c1ccn[nH]1. The highest BCUT2D eigenvalue weighted by atomic mass is 32.2. The summed E-state index contributed by atoms with van der Waals surface area (Å²) in [5.74, 6) is -0.797. The molecule has 7 nitrogen and oxygen atoms in total. The fourth-order valence-corrected chi connectivity index (χ4v) is 5.46. The van der Waals surface area contributed by atoms with Gasteiger partial charge in [-0.15, -0.1) is 0 Å². The number of carboxylic acid groups (broad SMARTS) is 1. The number of aromatic nitrogens is 2. The van der Waals surface area contributed by atoms with Crippen LogP contribution in [0.1, 0.15) is 38.5 Å².